The van der Waals surface area contributed by atoms with Crippen LogP contribution in [-0.2, 0) is 10.2 Å². The molecule has 0 aliphatic heterocycles. The SMILES string of the molecule is COCC1(c2cnc(N)c(Br)c2)CC1. The summed E-state index contributed by atoms with van der Waals surface area (Å²) in [6.07, 6.45) is 4.21. The van der Waals surface area contributed by atoms with Crippen molar-refractivity contribution in [2.24, 2.45) is 0 Å². The summed E-state index contributed by atoms with van der Waals surface area (Å²) in [7, 11) is 1.74. The molecule has 4 heteroatoms. The van der Waals surface area contributed by atoms with E-state index in [4.69, 9.17) is 10.5 Å². The third-order valence-electron chi connectivity index (χ3n) is 2.76. The summed E-state index contributed by atoms with van der Waals surface area (Å²) in [5.41, 5.74) is 7.07. The standard InChI is InChI=1S/C10H13BrN2O/c1-14-6-10(2-3-10)7-4-8(11)9(12)13-5-7/h4-5H,2-3,6H2,1H3,(H2,12,13). The average Bonchev–Trinajstić information content (AvgIpc) is 2.91. The molecule has 1 saturated carbocycles. The number of nitrogens with zero attached hydrogens (tertiary/aromatic N) is 1. The minimum absolute atomic E-state index is 0.206. The van der Waals surface area contributed by atoms with E-state index < -0.39 is 0 Å². The van der Waals surface area contributed by atoms with E-state index in [1.165, 1.54) is 18.4 Å². The lowest BCUT2D eigenvalue weighted by Gasteiger charge is -2.14. The molecule has 2 N–H and O–H groups in total. The molecule has 0 bridgehead atoms. The Hall–Kier alpha value is -0.610. The molecule has 1 aliphatic rings. The molecule has 0 unspecified atom stereocenters. The zero-order valence-electron chi connectivity index (χ0n) is 8.09. The van der Waals surface area contributed by atoms with Gasteiger partial charge in [-0.3, -0.25) is 0 Å². The number of nitrogens with two attached hydrogens (primary N) is 1. The minimum Gasteiger partial charge on any atom is -0.384 e. The fourth-order valence-corrected chi connectivity index (χ4v) is 2.03. The molecule has 3 nitrogen and oxygen atoms in total. The van der Waals surface area contributed by atoms with Crippen molar-refractivity contribution in [3.05, 3.63) is 22.3 Å². The van der Waals surface area contributed by atoms with Gasteiger partial charge in [0, 0.05) is 18.7 Å². The third-order valence-corrected chi connectivity index (χ3v) is 3.39. The summed E-state index contributed by atoms with van der Waals surface area (Å²) in [6, 6.07) is 2.05. The number of rotatable bonds is 3. The molecular weight excluding hydrogens is 244 g/mol. The van der Waals surface area contributed by atoms with Gasteiger partial charge in [-0.15, -0.1) is 0 Å². The van der Waals surface area contributed by atoms with Crippen LogP contribution in [0.4, 0.5) is 5.82 Å². The first-order valence-corrected chi connectivity index (χ1v) is 5.38. The van der Waals surface area contributed by atoms with E-state index in [9.17, 15) is 0 Å². The highest BCUT2D eigenvalue weighted by Gasteiger charge is 2.44. The lowest BCUT2D eigenvalue weighted by Crippen LogP contribution is -2.14. The number of halogens is 1. The molecule has 0 aromatic carbocycles. The fourth-order valence-electron chi connectivity index (χ4n) is 1.68. The Labute approximate surface area is 91.8 Å². The summed E-state index contributed by atoms with van der Waals surface area (Å²) in [5.74, 6) is 0.543. The Balaban J connectivity index is 2.28. The highest BCUT2D eigenvalue weighted by molar-refractivity contribution is 9.10. The highest BCUT2D eigenvalue weighted by atomic mass is 79.9. The minimum atomic E-state index is 0.206. The lowest BCUT2D eigenvalue weighted by atomic mass is 9.99. The summed E-state index contributed by atoms with van der Waals surface area (Å²) >= 11 is 3.39. The van der Waals surface area contributed by atoms with Crippen LogP contribution in [0, 0.1) is 0 Å². The van der Waals surface area contributed by atoms with Crippen molar-refractivity contribution < 1.29 is 4.74 Å². The van der Waals surface area contributed by atoms with Crippen molar-refractivity contribution in [1.82, 2.24) is 4.98 Å². The molecule has 0 radical (unpaired) electrons. The zero-order chi connectivity index (χ0) is 10.2. The summed E-state index contributed by atoms with van der Waals surface area (Å²) in [4.78, 5) is 4.14. The number of methoxy groups -OCH3 is 1. The van der Waals surface area contributed by atoms with Crippen molar-refractivity contribution in [1.29, 1.82) is 0 Å². The maximum absolute atomic E-state index is 5.64. The average molecular weight is 257 g/mol. The Morgan fingerprint density at radius 2 is 2.36 bits per heavy atom. The smallest absolute Gasteiger partial charge is 0.137 e. The second-order valence-electron chi connectivity index (χ2n) is 3.80. The van der Waals surface area contributed by atoms with Crippen LogP contribution < -0.4 is 5.73 Å². The Bertz CT molecular complexity index is 350. The second-order valence-corrected chi connectivity index (χ2v) is 4.66. The first-order valence-electron chi connectivity index (χ1n) is 4.58. The summed E-state index contributed by atoms with van der Waals surface area (Å²) < 4.78 is 6.09. The largest absolute Gasteiger partial charge is 0.384 e. The van der Waals surface area contributed by atoms with Crippen LogP contribution in [0.2, 0.25) is 0 Å². The van der Waals surface area contributed by atoms with E-state index in [1.807, 2.05) is 12.3 Å². The van der Waals surface area contributed by atoms with E-state index >= 15 is 0 Å². The summed E-state index contributed by atoms with van der Waals surface area (Å²) in [5, 5.41) is 0. The van der Waals surface area contributed by atoms with Gasteiger partial charge in [-0.2, -0.15) is 0 Å². The molecule has 14 heavy (non-hydrogen) atoms. The van der Waals surface area contributed by atoms with Crippen LogP contribution in [-0.4, -0.2) is 18.7 Å². The molecule has 1 heterocycles. The van der Waals surface area contributed by atoms with Crippen LogP contribution in [0.25, 0.3) is 0 Å². The van der Waals surface area contributed by atoms with E-state index in [0.29, 0.717) is 5.82 Å². The van der Waals surface area contributed by atoms with Crippen LogP contribution in [0.1, 0.15) is 18.4 Å². The quantitative estimate of drug-likeness (QED) is 0.902. The van der Waals surface area contributed by atoms with Gasteiger partial charge in [0.05, 0.1) is 11.1 Å². The molecule has 1 aromatic rings. The topological polar surface area (TPSA) is 48.1 Å². The number of aromatic nitrogens is 1. The van der Waals surface area contributed by atoms with Gasteiger partial charge < -0.3 is 10.5 Å². The van der Waals surface area contributed by atoms with Crippen molar-refractivity contribution in [3.63, 3.8) is 0 Å². The molecule has 2 rings (SSSR count). The Kier molecular flexibility index (Phi) is 2.49. The van der Waals surface area contributed by atoms with Crippen LogP contribution in [0.5, 0.6) is 0 Å². The number of nitrogen functional groups attached to an aromatic ring is 1. The predicted octanol–water partition coefficient (Wildman–Crippen LogP) is 2.10. The molecule has 1 aliphatic carbocycles. The maximum atomic E-state index is 5.64. The van der Waals surface area contributed by atoms with E-state index in [2.05, 4.69) is 20.9 Å². The number of ether oxygens (including phenoxy) is 1. The van der Waals surface area contributed by atoms with Crippen LogP contribution in [0.15, 0.2) is 16.7 Å². The first kappa shape index (κ1) is 9.93. The van der Waals surface area contributed by atoms with Gasteiger partial charge in [0.2, 0.25) is 0 Å². The van der Waals surface area contributed by atoms with Gasteiger partial charge in [-0.05, 0) is 40.4 Å². The fraction of sp³-hybridized carbons (Fsp3) is 0.500. The molecular formula is C10H13BrN2O. The normalized spacial score (nSPS) is 18.1. The van der Waals surface area contributed by atoms with Gasteiger partial charge in [0.15, 0.2) is 0 Å². The number of pyridine rings is 1. The highest BCUT2D eigenvalue weighted by Crippen LogP contribution is 2.48. The van der Waals surface area contributed by atoms with Gasteiger partial charge in [0.25, 0.3) is 0 Å². The third kappa shape index (κ3) is 1.64. The maximum Gasteiger partial charge on any atom is 0.137 e. The van der Waals surface area contributed by atoms with Gasteiger partial charge in [-0.1, -0.05) is 0 Å². The van der Waals surface area contributed by atoms with Crippen molar-refractivity contribution in [3.8, 4) is 0 Å². The molecule has 0 amide bonds. The lowest BCUT2D eigenvalue weighted by molar-refractivity contribution is 0.171. The monoisotopic (exact) mass is 256 g/mol. The number of anilines is 1. The van der Waals surface area contributed by atoms with Gasteiger partial charge in [-0.25, -0.2) is 4.98 Å². The van der Waals surface area contributed by atoms with Crippen molar-refractivity contribution >= 4 is 21.7 Å². The molecule has 76 valence electrons. The molecule has 0 atom stereocenters. The second kappa shape index (κ2) is 3.51. The van der Waals surface area contributed by atoms with Crippen molar-refractivity contribution in [2.45, 2.75) is 18.3 Å². The van der Waals surface area contributed by atoms with Gasteiger partial charge in [0.1, 0.15) is 5.82 Å². The molecule has 0 saturated heterocycles. The van der Waals surface area contributed by atoms with E-state index in [0.717, 1.165) is 11.1 Å². The number of hydrogen-bond donors (Lipinski definition) is 1. The Morgan fingerprint density at radius 1 is 1.64 bits per heavy atom. The Morgan fingerprint density at radius 3 is 2.86 bits per heavy atom. The molecule has 0 spiro atoms. The van der Waals surface area contributed by atoms with Crippen LogP contribution in [0.3, 0.4) is 0 Å². The van der Waals surface area contributed by atoms with E-state index in [1.54, 1.807) is 7.11 Å². The zero-order valence-corrected chi connectivity index (χ0v) is 9.67. The van der Waals surface area contributed by atoms with E-state index in [-0.39, 0.29) is 5.41 Å². The first-order chi connectivity index (χ1) is 6.68. The molecule has 1 fully saturated rings. The predicted molar refractivity (Wildman–Crippen MR) is 59.1 cm³/mol. The van der Waals surface area contributed by atoms with Crippen LogP contribution >= 0.6 is 15.9 Å². The molecule has 1 aromatic heterocycles. The van der Waals surface area contributed by atoms with Gasteiger partial charge >= 0.3 is 0 Å². The van der Waals surface area contributed by atoms with Crippen molar-refractivity contribution in [2.75, 3.05) is 19.5 Å². The summed E-state index contributed by atoms with van der Waals surface area (Å²) in [6.45, 7) is 0.769. The number of hydrogen-bond acceptors (Lipinski definition) is 3.